The molecule has 0 saturated heterocycles. The predicted molar refractivity (Wildman–Crippen MR) is 107 cm³/mol. The Balaban J connectivity index is 1.85. The molecule has 3 aromatic carbocycles. The van der Waals surface area contributed by atoms with Gasteiger partial charge in [-0.2, -0.15) is 0 Å². The third kappa shape index (κ3) is 4.55. The van der Waals surface area contributed by atoms with Crippen molar-refractivity contribution < 1.29 is 27.4 Å². The minimum atomic E-state index is -4.22. The highest BCUT2D eigenvalue weighted by Crippen LogP contribution is 2.28. The maximum Gasteiger partial charge on any atom is 0.335 e. The Hall–Kier alpha value is -2.97. The Morgan fingerprint density at radius 3 is 2.62 bits per heavy atom. The van der Waals surface area contributed by atoms with E-state index in [4.69, 9.17) is 9.84 Å². The molecule has 3 rings (SSSR count). The first-order chi connectivity index (χ1) is 13.8. The number of ether oxygens (including phenoxy) is 1. The van der Waals surface area contributed by atoms with Crippen molar-refractivity contribution in [2.24, 2.45) is 0 Å². The molecule has 3 aromatic rings. The Kier molecular flexibility index (Phi) is 6.14. The van der Waals surface area contributed by atoms with Gasteiger partial charge in [0.1, 0.15) is 16.5 Å². The molecule has 29 heavy (non-hydrogen) atoms. The fourth-order valence-corrected chi connectivity index (χ4v) is 4.23. The van der Waals surface area contributed by atoms with Crippen LogP contribution in [0, 0.1) is 5.82 Å². The van der Waals surface area contributed by atoms with Crippen LogP contribution in [0.2, 0.25) is 0 Å². The Bertz CT molecular complexity index is 1160. The lowest BCUT2D eigenvalue weighted by molar-refractivity contribution is 0.0696. The number of hydrogen-bond donors (Lipinski definition) is 2. The van der Waals surface area contributed by atoms with Crippen LogP contribution in [-0.4, -0.2) is 32.6 Å². The number of fused-ring (bicyclic) bond motifs is 1. The zero-order valence-electron chi connectivity index (χ0n) is 15.7. The summed E-state index contributed by atoms with van der Waals surface area (Å²) in [6, 6.07) is 14.1. The van der Waals surface area contributed by atoms with Crippen molar-refractivity contribution in [1.82, 2.24) is 4.72 Å². The van der Waals surface area contributed by atoms with Crippen LogP contribution in [0.4, 0.5) is 4.39 Å². The molecule has 8 heteroatoms. The van der Waals surface area contributed by atoms with Crippen LogP contribution >= 0.6 is 0 Å². The van der Waals surface area contributed by atoms with Gasteiger partial charge in [0, 0.05) is 12.1 Å². The van der Waals surface area contributed by atoms with Crippen molar-refractivity contribution >= 4 is 26.8 Å². The van der Waals surface area contributed by atoms with E-state index in [1.54, 1.807) is 0 Å². The quantitative estimate of drug-likeness (QED) is 0.584. The van der Waals surface area contributed by atoms with Gasteiger partial charge >= 0.3 is 5.97 Å². The summed E-state index contributed by atoms with van der Waals surface area (Å²) >= 11 is 0. The molecule has 0 fully saturated rings. The molecule has 0 atom stereocenters. The molecule has 0 unspecified atom stereocenters. The molecule has 0 aliphatic carbocycles. The normalized spacial score (nSPS) is 11.5. The summed E-state index contributed by atoms with van der Waals surface area (Å²) in [6.07, 6.45) is 0.316. The van der Waals surface area contributed by atoms with Gasteiger partial charge in [-0.15, -0.1) is 0 Å². The van der Waals surface area contributed by atoms with Gasteiger partial charge < -0.3 is 9.84 Å². The average Bonchev–Trinajstić information content (AvgIpc) is 2.69. The second-order valence-corrected chi connectivity index (χ2v) is 8.03. The number of sulfonamides is 1. The summed E-state index contributed by atoms with van der Waals surface area (Å²) in [7, 11) is -4.22. The van der Waals surface area contributed by atoms with Crippen molar-refractivity contribution in [3.63, 3.8) is 0 Å². The van der Waals surface area contributed by atoms with E-state index >= 15 is 0 Å². The molecule has 0 aliphatic heterocycles. The van der Waals surface area contributed by atoms with E-state index in [1.165, 1.54) is 0 Å². The maximum atomic E-state index is 14.0. The lowest BCUT2D eigenvalue weighted by atomic mass is 10.0. The van der Waals surface area contributed by atoms with Crippen LogP contribution in [0.3, 0.4) is 0 Å². The van der Waals surface area contributed by atoms with E-state index in [1.807, 2.05) is 43.3 Å². The SMILES string of the molecule is CCOc1ccc2ccccc2c1CCNS(=O)(=O)c1cc(C(=O)O)ccc1F. The third-order valence-corrected chi connectivity index (χ3v) is 5.91. The molecule has 0 saturated carbocycles. The van der Waals surface area contributed by atoms with Gasteiger partial charge in [-0.25, -0.2) is 22.3 Å². The first-order valence-corrected chi connectivity index (χ1v) is 10.5. The molecule has 152 valence electrons. The fraction of sp³-hybridized carbons (Fsp3) is 0.190. The number of carboxylic acid groups (broad SMARTS) is 1. The van der Waals surface area contributed by atoms with E-state index in [9.17, 15) is 17.6 Å². The topological polar surface area (TPSA) is 92.7 Å². The van der Waals surface area contributed by atoms with Crippen LogP contribution < -0.4 is 9.46 Å². The second kappa shape index (κ2) is 8.59. The molecule has 0 bridgehead atoms. The van der Waals surface area contributed by atoms with Crippen LogP contribution in [0.5, 0.6) is 5.75 Å². The molecule has 2 N–H and O–H groups in total. The van der Waals surface area contributed by atoms with E-state index < -0.39 is 26.7 Å². The summed E-state index contributed by atoms with van der Waals surface area (Å²) in [5.41, 5.74) is 0.534. The van der Waals surface area contributed by atoms with Gasteiger partial charge in [0.05, 0.1) is 12.2 Å². The van der Waals surface area contributed by atoms with Crippen molar-refractivity contribution in [3.05, 3.63) is 71.5 Å². The van der Waals surface area contributed by atoms with Crippen molar-refractivity contribution in [2.75, 3.05) is 13.2 Å². The first kappa shape index (κ1) is 20.8. The van der Waals surface area contributed by atoms with Gasteiger partial charge in [0.15, 0.2) is 0 Å². The Morgan fingerprint density at radius 1 is 1.14 bits per heavy atom. The van der Waals surface area contributed by atoms with Gasteiger partial charge in [-0.05, 0) is 48.4 Å². The predicted octanol–water partition coefficient (Wildman–Crippen LogP) is 3.60. The third-order valence-electron chi connectivity index (χ3n) is 4.43. The van der Waals surface area contributed by atoms with Crippen molar-refractivity contribution in [3.8, 4) is 5.75 Å². The van der Waals surface area contributed by atoms with Crippen LogP contribution in [0.1, 0.15) is 22.8 Å². The molecular weight excluding hydrogens is 397 g/mol. The number of hydrogen-bond acceptors (Lipinski definition) is 4. The smallest absolute Gasteiger partial charge is 0.335 e. The highest BCUT2D eigenvalue weighted by atomic mass is 32.2. The molecule has 0 radical (unpaired) electrons. The minimum Gasteiger partial charge on any atom is -0.494 e. The van der Waals surface area contributed by atoms with E-state index in [-0.39, 0.29) is 12.1 Å². The molecule has 0 spiro atoms. The summed E-state index contributed by atoms with van der Waals surface area (Å²) in [6.45, 7) is 2.32. The number of benzene rings is 3. The number of nitrogens with one attached hydrogen (secondary N) is 1. The Labute approximate surface area is 168 Å². The monoisotopic (exact) mass is 417 g/mol. The number of carbonyl (C=O) groups is 1. The van der Waals surface area contributed by atoms with Crippen molar-refractivity contribution in [1.29, 1.82) is 0 Å². The molecule has 0 amide bonds. The van der Waals surface area contributed by atoms with Crippen LogP contribution in [-0.2, 0) is 16.4 Å². The minimum absolute atomic E-state index is 0.00679. The zero-order valence-corrected chi connectivity index (χ0v) is 16.5. The van der Waals surface area contributed by atoms with Gasteiger partial charge in [0.2, 0.25) is 10.0 Å². The lowest BCUT2D eigenvalue weighted by Gasteiger charge is -2.14. The lowest BCUT2D eigenvalue weighted by Crippen LogP contribution is -2.27. The summed E-state index contributed by atoms with van der Waals surface area (Å²) < 4.78 is 47.1. The summed E-state index contributed by atoms with van der Waals surface area (Å²) in [5.74, 6) is -1.69. The molecular formula is C21H20FNO5S. The highest BCUT2D eigenvalue weighted by molar-refractivity contribution is 7.89. The van der Waals surface area contributed by atoms with E-state index in [2.05, 4.69) is 4.72 Å². The standard InChI is InChI=1S/C21H20FNO5S/c1-2-28-19-10-8-14-5-3-4-6-16(14)17(19)11-12-23-29(26,27)20-13-15(21(24)25)7-9-18(20)22/h3-10,13,23H,2,11-12H2,1H3,(H,24,25). The first-order valence-electron chi connectivity index (χ1n) is 8.99. The largest absolute Gasteiger partial charge is 0.494 e. The number of rotatable bonds is 8. The number of aromatic carboxylic acids is 1. The van der Waals surface area contributed by atoms with E-state index in [0.29, 0.717) is 18.8 Å². The van der Waals surface area contributed by atoms with Gasteiger partial charge in [-0.1, -0.05) is 30.3 Å². The fourth-order valence-electron chi connectivity index (χ4n) is 3.10. The van der Waals surface area contributed by atoms with Gasteiger partial charge in [0.25, 0.3) is 0 Å². The number of carboxylic acids is 1. The van der Waals surface area contributed by atoms with E-state index in [0.717, 1.165) is 34.5 Å². The Morgan fingerprint density at radius 2 is 1.90 bits per heavy atom. The van der Waals surface area contributed by atoms with Crippen LogP contribution in [0.25, 0.3) is 10.8 Å². The van der Waals surface area contributed by atoms with Crippen molar-refractivity contribution in [2.45, 2.75) is 18.2 Å². The molecule has 0 aliphatic rings. The maximum absolute atomic E-state index is 14.0. The summed E-state index contributed by atoms with van der Waals surface area (Å²) in [5, 5.41) is 11.0. The summed E-state index contributed by atoms with van der Waals surface area (Å²) in [4.78, 5) is 10.4. The number of halogens is 1. The zero-order chi connectivity index (χ0) is 21.0. The van der Waals surface area contributed by atoms with Crippen LogP contribution in [0.15, 0.2) is 59.5 Å². The second-order valence-electron chi connectivity index (χ2n) is 6.29. The highest BCUT2D eigenvalue weighted by Gasteiger charge is 2.21. The van der Waals surface area contributed by atoms with Gasteiger partial charge in [-0.3, -0.25) is 0 Å². The molecule has 0 aromatic heterocycles. The average molecular weight is 417 g/mol. The molecule has 6 nitrogen and oxygen atoms in total. The molecule has 0 heterocycles.